The molecule has 1 N–H and O–H groups in total. The molecule has 1 aliphatic heterocycles. The molecular weight excluding hydrogens is 362 g/mol. The van der Waals surface area contributed by atoms with Crippen LogP contribution in [0, 0.1) is 0 Å². The van der Waals surface area contributed by atoms with Crippen LogP contribution in [0.3, 0.4) is 0 Å². The van der Waals surface area contributed by atoms with Crippen LogP contribution in [0.5, 0.6) is 0 Å². The molecule has 1 aliphatic rings. The van der Waals surface area contributed by atoms with Crippen LogP contribution in [0.25, 0.3) is 11.0 Å². The predicted octanol–water partition coefficient (Wildman–Crippen LogP) is 4.56. The Morgan fingerprint density at radius 3 is 2.62 bits per heavy atom. The van der Waals surface area contributed by atoms with E-state index in [2.05, 4.69) is 54.1 Å². The molecule has 3 aromatic rings. The van der Waals surface area contributed by atoms with Gasteiger partial charge in [0.15, 0.2) is 0 Å². The molecule has 152 valence electrons. The van der Waals surface area contributed by atoms with E-state index in [1.165, 1.54) is 11.1 Å². The van der Waals surface area contributed by atoms with Gasteiger partial charge in [0, 0.05) is 13.2 Å². The van der Waals surface area contributed by atoms with Crippen LogP contribution in [0.4, 0.5) is 0 Å². The van der Waals surface area contributed by atoms with Crippen molar-refractivity contribution in [3.8, 4) is 0 Å². The summed E-state index contributed by atoms with van der Waals surface area (Å²) in [7, 11) is 0. The molecule has 5 heteroatoms. The summed E-state index contributed by atoms with van der Waals surface area (Å²) in [4.78, 5) is 17.4. The Morgan fingerprint density at radius 2 is 1.93 bits per heavy atom. The van der Waals surface area contributed by atoms with E-state index in [1.54, 1.807) is 0 Å². The fourth-order valence-corrected chi connectivity index (χ4v) is 3.94. The molecule has 0 spiro atoms. The zero-order chi connectivity index (χ0) is 20.4. The first-order chi connectivity index (χ1) is 14.0. The highest BCUT2D eigenvalue weighted by molar-refractivity contribution is 5.81. The first kappa shape index (κ1) is 19.6. The van der Waals surface area contributed by atoms with Crippen molar-refractivity contribution in [1.82, 2.24) is 14.9 Å². The standard InChI is InChI=1S/C24H29N3O2/c1-16(2)19-12-10-18(11-13-19)15-27-21-8-5-4-7-20(21)26-23(27)17(3)25-24(28)22-9-6-14-29-22/h4-5,7-8,10-13,16-17,22H,6,9,14-15H2,1-3H3,(H,25,28). The van der Waals surface area contributed by atoms with Crippen molar-refractivity contribution in [1.29, 1.82) is 0 Å². The average Bonchev–Trinajstić information content (AvgIpc) is 3.37. The maximum atomic E-state index is 12.5. The van der Waals surface area contributed by atoms with Crippen LogP contribution >= 0.6 is 0 Å². The number of imidazole rings is 1. The molecule has 29 heavy (non-hydrogen) atoms. The third-order valence-corrected chi connectivity index (χ3v) is 5.64. The molecule has 2 heterocycles. The Hall–Kier alpha value is -2.66. The number of benzene rings is 2. The molecule has 2 atom stereocenters. The molecular formula is C24H29N3O2. The molecule has 5 nitrogen and oxygen atoms in total. The van der Waals surface area contributed by atoms with Crippen LogP contribution in [0.2, 0.25) is 0 Å². The number of aromatic nitrogens is 2. The molecule has 0 radical (unpaired) electrons. The number of hydrogen-bond acceptors (Lipinski definition) is 3. The van der Waals surface area contributed by atoms with Gasteiger partial charge in [-0.05, 0) is 48.9 Å². The normalized spacial score (nSPS) is 17.7. The van der Waals surface area contributed by atoms with Gasteiger partial charge in [0.2, 0.25) is 5.91 Å². The Kier molecular flexibility index (Phi) is 5.67. The van der Waals surface area contributed by atoms with Crippen molar-refractivity contribution in [3.63, 3.8) is 0 Å². The molecule has 4 rings (SSSR count). The summed E-state index contributed by atoms with van der Waals surface area (Å²) in [6, 6.07) is 16.7. The average molecular weight is 392 g/mol. The van der Waals surface area contributed by atoms with Crippen LogP contribution in [0.15, 0.2) is 48.5 Å². The topological polar surface area (TPSA) is 56.2 Å². The largest absolute Gasteiger partial charge is 0.368 e. The molecule has 0 saturated carbocycles. The fourth-order valence-electron chi connectivity index (χ4n) is 3.94. The van der Waals surface area contributed by atoms with Crippen molar-refractivity contribution in [3.05, 3.63) is 65.5 Å². The minimum atomic E-state index is -0.334. The molecule has 2 aromatic carbocycles. The van der Waals surface area contributed by atoms with Gasteiger partial charge in [-0.15, -0.1) is 0 Å². The fraction of sp³-hybridized carbons (Fsp3) is 0.417. The molecule has 1 amide bonds. The van der Waals surface area contributed by atoms with Crippen molar-refractivity contribution in [2.24, 2.45) is 0 Å². The number of carbonyl (C=O) groups is 1. The summed E-state index contributed by atoms with van der Waals surface area (Å²) >= 11 is 0. The van der Waals surface area contributed by atoms with E-state index in [9.17, 15) is 4.79 Å². The Morgan fingerprint density at radius 1 is 1.17 bits per heavy atom. The third-order valence-electron chi connectivity index (χ3n) is 5.64. The van der Waals surface area contributed by atoms with E-state index in [1.807, 2.05) is 25.1 Å². The lowest BCUT2D eigenvalue weighted by Crippen LogP contribution is -2.36. The van der Waals surface area contributed by atoms with Crippen LogP contribution < -0.4 is 5.32 Å². The summed E-state index contributed by atoms with van der Waals surface area (Å²) in [5, 5.41) is 3.10. The minimum Gasteiger partial charge on any atom is -0.368 e. The summed E-state index contributed by atoms with van der Waals surface area (Å²) in [6.45, 7) is 7.78. The highest BCUT2D eigenvalue weighted by Gasteiger charge is 2.26. The number of ether oxygens (including phenoxy) is 1. The number of nitrogens with zero attached hydrogens (tertiary/aromatic N) is 2. The molecule has 1 fully saturated rings. The van der Waals surface area contributed by atoms with E-state index >= 15 is 0 Å². The van der Waals surface area contributed by atoms with E-state index < -0.39 is 0 Å². The highest BCUT2D eigenvalue weighted by atomic mass is 16.5. The van der Waals surface area contributed by atoms with E-state index in [0.717, 1.165) is 29.7 Å². The zero-order valence-corrected chi connectivity index (χ0v) is 17.4. The SMILES string of the molecule is CC(C)c1ccc(Cn2c(C(C)NC(=O)C3CCCO3)nc3ccccc32)cc1. The monoisotopic (exact) mass is 391 g/mol. The van der Waals surface area contributed by atoms with Gasteiger partial charge in [0.25, 0.3) is 0 Å². The van der Waals surface area contributed by atoms with Crippen LogP contribution in [0.1, 0.15) is 62.5 Å². The van der Waals surface area contributed by atoms with E-state index in [-0.39, 0.29) is 18.1 Å². The number of carbonyl (C=O) groups excluding carboxylic acids is 1. The van der Waals surface area contributed by atoms with Crippen molar-refractivity contribution in [2.45, 2.75) is 58.2 Å². The summed E-state index contributed by atoms with van der Waals surface area (Å²) < 4.78 is 7.74. The van der Waals surface area contributed by atoms with Gasteiger partial charge in [-0.2, -0.15) is 0 Å². The van der Waals surface area contributed by atoms with Crippen LogP contribution in [-0.4, -0.2) is 28.2 Å². The van der Waals surface area contributed by atoms with Gasteiger partial charge in [-0.1, -0.05) is 50.2 Å². The van der Waals surface area contributed by atoms with Crippen molar-refractivity contribution in [2.75, 3.05) is 6.61 Å². The molecule has 2 unspecified atom stereocenters. The summed E-state index contributed by atoms with van der Waals surface area (Å²) in [5.74, 6) is 1.34. The van der Waals surface area contributed by atoms with Gasteiger partial charge in [0.1, 0.15) is 11.9 Å². The first-order valence-electron chi connectivity index (χ1n) is 10.5. The third kappa shape index (κ3) is 4.20. The van der Waals surface area contributed by atoms with E-state index in [4.69, 9.17) is 9.72 Å². The lowest BCUT2D eigenvalue weighted by atomic mass is 10.0. The minimum absolute atomic E-state index is 0.0464. The highest BCUT2D eigenvalue weighted by Crippen LogP contribution is 2.24. The Bertz CT molecular complexity index is 985. The van der Waals surface area contributed by atoms with Gasteiger partial charge in [-0.25, -0.2) is 4.98 Å². The Labute approximate surface area is 172 Å². The number of para-hydroxylation sites is 2. The smallest absolute Gasteiger partial charge is 0.249 e. The maximum absolute atomic E-state index is 12.5. The molecule has 1 saturated heterocycles. The number of nitrogens with one attached hydrogen (secondary N) is 1. The van der Waals surface area contributed by atoms with Gasteiger partial charge < -0.3 is 14.6 Å². The lowest BCUT2D eigenvalue weighted by Gasteiger charge is -2.18. The predicted molar refractivity (Wildman–Crippen MR) is 115 cm³/mol. The second-order valence-corrected chi connectivity index (χ2v) is 8.17. The van der Waals surface area contributed by atoms with Gasteiger partial charge in [0.05, 0.1) is 17.1 Å². The zero-order valence-electron chi connectivity index (χ0n) is 17.4. The molecule has 0 aliphatic carbocycles. The maximum Gasteiger partial charge on any atom is 0.249 e. The second-order valence-electron chi connectivity index (χ2n) is 8.17. The number of hydrogen-bond donors (Lipinski definition) is 1. The lowest BCUT2D eigenvalue weighted by molar-refractivity contribution is -0.130. The van der Waals surface area contributed by atoms with Gasteiger partial charge >= 0.3 is 0 Å². The molecule has 0 bridgehead atoms. The summed E-state index contributed by atoms with van der Waals surface area (Å²) in [5.41, 5.74) is 4.58. The van der Waals surface area contributed by atoms with Crippen LogP contribution in [-0.2, 0) is 16.1 Å². The number of amides is 1. The Balaban J connectivity index is 1.62. The van der Waals surface area contributed by atoms with Crippen molar-refractivity contribution < 1.29 is 9.53 Å². The first-order valence-corrected chi connectivity index (χ1v) is 10.5. The van der Waals surface area contributed by atoms with E-state index in [0.29, 0.717) is 19.1 Å². The van der Waals surface area contributed by atoms with Crippen molar-refractivity contribution >= 4 is 16.9 Å². The summed E-state index contributed by atoms with van der Waals surface area (Å²) in [6.07, 6.45) is 1.40. The quantitative estimate of drug-likeness (QED) is 0.670. The number of rotatable bonds is 6. The van der Waals surface area contributed by atoms with Gasteiger partial charge in [-0.3, -0.25) is 4.79 Å². The number of fused-ring (bicyclic) bond motifs is 1. The second kappa shape index (κ2) is 8.37. The molecule has 1 aromatic heterocycles.